The molecule has 0 heterocycles. The third kappa shape index (κ3) is 3.98. The number of hydrogen-bond acceptors (Lipinski definition) is 2. The molecule has 0 aromatic heterocycles. The zero-order chi connectivity index (χ0) is 13.7. The van der Waals surface area contributed by atoms with E-state index in [0.717, 1.165) is 37.9 Å². The van der Waals surface area contributed by atoms with Gasteiger partial charge in [-0.25, -0.2) is 0 Å². The molecule has 0 spiro atoms. The van der Waals surface area contributed by atoms with E-state index in [1.807, 2.05) is 12.1 Å². The highest BCUT2D eigenvalue weighted by Crippen LogP contribution is 2.29. The average molecular weight is 262 g/mol. The molecular weight excluding hydrogens is 240 g/mol. The van der Waals surface area contributed by atoms with Crippen LogP contribution in [-0.2, 0) is 11.2 Å². The number of rotatable bonds is 5. The van der Waals surface area contributed by atoms with E-state index in [0.29, 0.717) is 12.5 Å². The Kier molecular flexibility index (Phi) is 4.83. The van der Waals surface area contributed by atoms with Crippen molar-refractivity contribution in [1.82, 2.24) is 0 Å². The Morgan fingerprint density at radius 2 is 1.84 bits per heavy atom. The van der Waals surface area contributed by atoms with Gasteiger partial charge in [0, 0.05) is 0 Å². The predicted molar refractivity (Wildman–Crippen MR) is 74.4 cm³/mol. The van der Waals surface area contributed by atoms with E-state index >= 15 is 0 Å². The second kappa shape index (κ2) is 6.60. The molecule has 1 fully saturated rings. The third-order valence-electron chi connectivity index (χ3n) is 4.01. The van der Waals surface area contributed by atoms with Crippen LogP contribution in [0.3, 0.4) is 0 Å². The summed E-state index contributed by atoms with van der Waals surface area (Å²) < 4.78 is 5.79. The van der Waals surface area contributed by atoms with Gasteiger partial charge in [0.05, 0.1) is 12.5 Å². The topological polar surface area (TPSA) is 46.5 Å². The van der Waals surface area contributed by atoms with E-state index < -0.39 is 5.97 Å². The van der Waals surface area contributed by atoms with Crippen LogP contribution in [0.5, 0.6) is 5.75 Å². The molecule has 0 aliphatic heterocycles. The first-order valence-electron chi connectivity index (χ1n) is 7.13. The molecule has 0 bridgehead atoms. The lowest BCUT2D eigenvalue weighted by Gasteiger charge is -2.25. The predicted octanol–water partition coefficient (Wildman–Crippen LogP) is 3.52. The summed E-state index contributed by atoms with van der Waals surface area (Å²) in [5.41, 5.74) is 1.31. The number of hydrogen-bond donors (Lipinski definition) is 1. The first kappa shape index (κ1) is 13.9. The van der Waals surface area contributed by atoms with Crippen molar-refractivity contribution >= 4 is 5.97 Å². The van der Waals surface area contributed by atoms with Gasteiger partial charge in [0.15, 0.2) is 0 Å². The summed E-state index contributed by atoms with van der Waals surface area (Å²) in [6, 6.07) is 8.22. The smallest absolute Gasteiger partial charge is 0.306 e. The van der Waals surface area contributed by atoms with Gasteiger partial charge in [-0.05, 0) is 55.7 Å². The molecule has 1 saturated carbocycles. The molecule has 1 aromatic carbocycles. The van der Waals surface area contributed by atoms with Crippen LogP contribution in [0.2, 0.25) is 0 Å². The summed E-state index contributed by atoms with van der Waals surface area (Å²) in [6.07, 6.45) is 4.55. The van der Waals surface area contributed by atoms with Crippen LogP contribution in [0.4, 0.5) is 0 Å². The minimum Gasteiger partial charge on any atom is -0.493 e. The minimum absolute atomic E-state index is 0.139. The molecule has 0 radical (unpaired) electrons. The van der Waals surface area contributed by atoms with Gasteiger partial charge < -0.3 is 9.84 Å². The summed E-state index contributed by atoms with van der Waals surface area (Å²) in [6.45, 7) is 2.84. The maximum absolute atomic E-state index is 10.9. The summed E-state index contributed by atoms with van der Waals surface area (Å²) in [5, 5.41) is 8.95. The molecule has 3 heteroatoms. The van der Waals surface area contributed by atoms with E-state index in [2.05, 4.69) is 19.1 Å². The minimum atomic E-state index is -0.644. The van der Waals surface area contributed by atoms with Crippen molar-refractivity contribution in [3.05, 3.63) is 29.8 Å². The van der Waals surface area contributed by atoms with Crippen LogP contribution >= 0.6 is 0 Å². The zero-order valence-electron chi connectivity index (χ0n) is 11.5. The number of carbonyl (C=O) groups is 1. The van der Waals surface area contributed by atoms with Gasteiger partial charge in [-0.3, -0.25) is 4.79 Å². The number of aliphatic carboxylic acids is 1. The largest absolute Gasteiger partial charge is 0.493 e. The fourth-order valence-electron chi connectivity index (χ4n) is 2.61. The van der Waals surface area contributed by atoms with Gasteiger partial charge in [-0.2, -0.15) is 0 Å². The Hall–Kier alpha value is -1.51. The van der Waals surface area contributed by atoms with E-state index in [1.54, 1.807) is 0 Å². The van der Waals surface area contributed by atoms with Crippen LogP contribution in [-0.4, -0.2) is 17.7 Å². The van der Waals surface area contributed by atoms with Crippen LogP contribution in [0.1, 0.15) is 38.2 Å². The van der Waals surface area contributed by atoms with Gasteiger partial charge in [0.2, 0.25) is 0 Å². The summed E-state index contributed by atoms with van der Waals surface area (Å²) >= 11 is 0. The van der Waals surface area contributed by atoms with E-state index in [1.165, 1.54) is 5.56 Å². The average Bonchev–Trinajstić information content (AvgIpc) is 2.46. The standard InChI is InChI=1S/C16H22O3/c1-2-12-5-9-15(10-6-12)19-11-13-3-7-14(8-4-13)16(17)18/h5-6,9-10,13-14H,2-4,7-8,11H2,1H3,(H,17,18). The van der Waals surface area contributed by atoms with Crippen molar-refractivity contribution in [3.8, 4) is 5.75 Å². The van der Waals surface area contributed by atoms with Crippen molar-refractivity contribution in [2.75, 3.05) is 6.61 Å². The SMILES string of the molecule is CCc1ccc(OCC2CCC(C(=O)O)CC2)cc1. The van der Waals surface area contributed by atoms with Gasteiger partial charge >= 0.3 is 5.97 Å². The monoisotopic (exact) mass is 262 g/mol. The molecule has 1 aliphatic carbocycles. The molecule has 1 aliphatic rings. The van der Waals surface area contributed by atoms with Gasteiger partial charge in [0.1, 0.15) is 5.75 Å². The highest BCUT2D eigenvalue weighted by Gasteiger charge is 2.26. The Bertz CT molecular complexity index is 403. The Labute approximate surface area is 114 Å². The van der Waals surface area contributed by atoms with Crippen LogP contribution in [0.25, 0.3) is 0 Å². The van der Waals surface area contributed by atoms with Crippen molar-refractivity contribution in [1.29, 1.82) is 0 Å². The Morgan fingerprint density at radius 1 is 1.21 bits per heavy atom. The first-order valence-corrected chi connectivity index (χ1v) is 7.13. The second-order valence-corrected chi connectivity index (χ2v) is 5.36. The second-order valence-electron chi connectivity index (χ2n) is 5.36. The summed E-state index contributed by atoms with van der Waals surface area (Å²) in [4.78, 5) is 10.9. The normalized spacial score (nSPS) is 23.0. The van der Waals surface area contributed by atoms with Gasteiger partial charge in [0.25, 0.3) is 0 Å². The molecule has 1 aromatic rings. The van der Waals surface area contributed by atoms with Gasteiger partial charge in [-0.15, -0.1) is 0 Å². The lowest BCUT2D eigenvalue weighted by molar-refractivity contribution is -0.143. The maximum atomic E-state index is 10.9. The van der Waals surface area contributed by atoms with E-state index in [-0.39, 0.29) is 5.92 Å². The fourth-order valence-corrected chi connectivity index (χ4v) is 2.61. The summed E-state index contributed by atoms with van der Waals surface area (Å²) in [5.74, 6) is 0.633. The highest BCUT2D eigenvalue weighted by atomic mass is 16.5. The molecule has 2 rings (SSSR count). The number of ether oxygens (including phenoxy) is 1. The lowest BCUT2D eigenvalue weighted by Crippen LogP contribution is -2.24. The molecule has 3 nitrogen and oxygen atoms in total. The zero-order valence-corrected chi connectivity index (χ0v) is 11.5. The molecule has 0 atom stereocenters. The summed E-state index contributed by atoms with van der Waals surface area (Å²) in [7, 11) is 0. The Morgan fingerprint density at radius 3 is 2.37 bits per heavy atom. The van der Waals surface area contributed by atoms with Crippen LogP contribution in [0.15, 0.2) is 24.3 Å². The lowest BCUT2D eigenvalue weighted by atomic mass is 9.82. The molecule has 19 heavy (non-hydrogen) atoms. The molecule has 104 valence electrons. The van der Waals surface area contributed by atoms with E-state index in [4.69, 9.17) is 9.84 Å². The van der Waals surface area contributed by atoms with Crippen LogP contribution < -0.4 is 4.74 Å². The van der Waals surface area contributed by atoms with E-state index in [9.17, 15) is 4.79 Å². The van der Waals surface area contributed by atoms with Crippen molar-refractivity contribution in [2.24, 2.45) is 11.8 Å². The fraction of sp³-hybridized carbons (Fsp3) is 0.562. The number of carboxylic acid groups (broad SMARTS) is 1. The molecule has 0 unspecified atom stereocenters. The molecule has 1 N–H and O–H groups in total. The quantitative estimate of drug-likeness (QED) is 0.883. The molecular formula is C16H22O3. The van der Waals surface area contributed by atoms with Gasteiger partial charge in [-0.1, -0.05) is 19.1 Å². The van der Waals surface area contributed by atoms with Crippen LogP contribution in [0, 0.1) is 11.8 Å². The number of benzene rings is 1. The van der Waals surface area contributed by atoms with Crippen molar-refractivity contribution in [2.45, 2.75) is 39.0 Å². The highest BCUT2D eigenvalue weighted by molar-refractivity contribution is 5.69. The van der Waals surface area contributed by atoms with Crippen molar-refractivity contribution in [3.63, 3.8) is 0 Å². The Balaban J connectivity index is 1.75. The number of carboxylic acids is 1. The van der Waals surface area contributed by atoms with Crippen molar-refractivity contribution < 1.29 is 14.6 Å². The number of aryl methyl sites for hydroxylation is 1. The molecule has 0 amide bonds. The molecule has 0 saturated heterocycles. The third-order valence-corrected chi connectivity index (χ3v) is 4.01. The first-order chi connectivity index (χ1) is 9.19. The maximum Gasteiger partial charge on any atom is 0.306 e.